The van der Waals surface area contributed by atoms with Gasteiger partial charge in [-0.2, -0.15) is 0 Å². The van der Waals surface area contributed by atoms with Crippen LogP contribution >= 0.6 is 11.6 Å². The van der Waals surface area contributed by atoms with E-state index in [2.05, 4.69) is 15.6 Å². The molecule has 0 radical (unpaired) electrons. The van der Waals surface area contributed by atoms with Crippen LogP contribution < -0.4 is 10.6 Å². The van der Waals surface area contributed by atoms with Gasteiger partial charge in [-0.05, 0) is 12.1 Å². The van der Waals surface area contributed by atoms with E-state index in [0.29, 0.717) is 37.2 Å². The van der Waals surface area contributed by atoms with E-state index >= 15 is 0 Å². The van der Waals surface area contributed by atoms with Crippen molar-refractivity contribution in [1.29, 1.82) is 0 Å². The molecule has 0 saturated carbocycles. The number of nitrogens with one attached hydrogen (secondary N) is 2. The molecule has 0 unspecified atom stereocenters. The Labute approximate surface area is 110 Å². The summed E-state index contributed by atoms with van der Waals surface area (Å²) in [6, 6.07) is 2.97. The molecule has 2 N–H and O–H groups in total. The molecule has 98 valence electrons. The van der Waals surface area contributed by atoms with Crippen LogP contribution in [0.15, 0.2) is 18.3 Å². The SMILES string of the molecule is O=C(NC[C@H]1COCCO1)Nc1ccc(Cl)nc1. The fraction of sp³-hybridized carbons (Fsp3) is 0.455. The molecule has 1 aliphatic heterocycles. The Bertz CT molecular complexity index is 393. The number of hydrogen-bond acceptors (Lipinski definition) is 4. The number of amides is 2. The van der Waals surface area contributed by atoms with E-state index in [0.717, 1.165) is 0 Å². The molecule has 2 amide bonds. The highest BCUT2D eigenvalue weighted by Crippen LogP contribution is 2.09. The smallest absolute Gasteiger partial charge is 0.319 e. The van der Waals surface area contributed by atoms with E-state index in [1.54, 1.807) is 12.1 Å². The Morgan fingerprint density at radius 1 is 1.50 bits per heavy atom. The van der Waals surface area contributed by atoms with Crippen molar-refractivity contribution in [1.82, 2.24) is 10.3 Å². The average Bonchev–Trinajstić information content (AvgIpc) is 2.40. The number of halogens is 1. The predicted molar refractivity (Wildman–Crippen MR) is 66.8 cm³/mol. The molecule has 18 heavy (non-hydrogen) atoms. The molecular weight excluding hydrogens is 258 g/mol. The predicted octanol–water partition coefficient (Wildman–Crippen LogP) is 1.27. The number of carbonyl (C=O) groups excluding carboxylic acids is 1. The van der Waals surface area contributed by atoms with Crippen molar-refractivity contribution in [3.63, 3.8) is 0 Å². The van der Waals surface area contributed by atoms with Crippen molar-refractivity contribution in [3.8, 4) is 0 Å². The fourth-order valence-corrected chi connectivity index (χ4v) is 1.60. The first-order valence-electron chi connectivity index (χ1n) is 5.60. The van der Waals surface area contributed by atoms with Crippen LogP contribution in [0, 0.1) is 0 Å². The van der Waals surface area contributed by atoms with Crippen molar-refractivity contribution in [2.45, 2.75) is 6.10 Å². The Morgan fingerprint density at radius 2 is 2.39 bits per heavy atom. The number of anilines is 1. The number of ether oxygens (including phenoxy) is 2. The summed E-state index contributed by atoms with van der Waals surface area (Å²) in [6.07, 6.45) is 1.40. The van der Waals surface area contributed by atoms with Gasteiger partial charge in [0.05, 0.1) is 37.8 Å². The molecule has 1 aromatic rings. The number of carbonyl (C=O) groups is 1. The van der Waals surface area contributed by atoms with E-state index in [1.807, 2.05) is 0 Å². The maximum atomic E-state index is 11.6. The number of rotatable bonds is 3. The van der Waals surface area contributed by atoms with Gasteiger partial charge in [-0.3, -0.25) is 0 Å². The lowest BCUT2D eigenvalue weighted by Crippen LogP contribution is -2.41. The van der Waals surface area contributed by atoms with Gasteiger partial charge in [-0.1, -0.05) is 11.6 Å². The molecule has 0 spiro atoms. The van der Waals surface area contributed by atoms with Crippen LogP contribution in [0.1, 0.15) is 0 Å². The minimum absolute atomic E-state index is 0.0900. The van der Waals surface area contributed by atoms with E-state index in [1.165, 1.54) is 6.20 Å². The molecular formula is C11H14ClN3O3. The maximum Gasteiger partial charge on any atom is 0.319 e. The topological polar surface area (TPSA) is 72.5 Å². The molecule has 1 aromatic heterocycles. The number of aromatic nitrogens is 1. The minimum atomic E-state index is -0.312. The van der Waals surface area contributed by atoms with E-state index in [4.69, 9.17) is 21.1 Å². The van der Waals surface area contributed by atoms with Crippen molar-refractivity contribution >= 4 is 23.3 Å². The zero-order valence-electron chi connectivity index (χ0n) is 9.69. The molecule has 2 heterocycles. The van der Waals surface area contributed by atoms with Crippen LogP contribution in [0.5, 0.6) is 0 Å². The lowest BCUT2D eigenvalue weighted by Gasteiger charge is -2.23. The second kappa shape index (κ2) is 6.53. The summed E-state index contributed by atoms with van der Waals surface area (Å²) in [5.74, 6) is 0. The summed E-state index contributed by atoms with van der Waals surface area (Å²) >= 11 is 5.64. The zero-order chi connectivity index (χ0) is 12.8. The van der Waals surface area contributed by atoms with Gasteiger partial charge in [0.15, 0.2) is 0 Å². The normalized spacial score (nSPS) is 19.3. The lowest BCUT2D eigenvalue weighted by atomic mass is 10.3. The average molecular weight is 272 g/mol. The Morgan fingerprint density at radius 3 is 3.06 bits per heavy atom. The minimum Gasteiger partial charge on any atom is -0.376 e. The highest BCUT2D eigenvalue weighted by Gasteiger charge is 2.15. The molecule has 2 rings (SSSR count). The fourth-order valence-electron chi connectivity index (χ4n) is 1.49. The highest BCUT2D eigenvalue weighted by atomic mass is 35.5. The third kappa shape index (κ3) is 4.14. The van der Waals surface area contributed by atoms with Crippen molar-refractivity contribution in [3.05, 3.63) is 23.5 Å². The van der Waals surface area contributed by atoms with Gasteiger partial charge < -0.3 is 20.1 Å². The molecule has 1 fully saturated rings. The molecule has 0 aliphatic carbocycles. The summed E-state index contributed by atoms with van der Waals surface area (Å²) < 4.78 is 10.6. The van der Waals surface area contributed by atoms with E-state index < -0.39 is 0 Å². The summed E-state index contributed by atoms with van der Waals surface area (Å²) in [6.45, 7) is 2.09. The molecule has 6 nitrogen and oxygen atoms in total. The first kappa shape index (κ1) is 13.1. The van der Waals surface area contributed by atoms with E-state index in [-0.39, 0.29) is 12.1 Å². The molecule has 0 aromatic carbocycles. The van der Waals surface area contributed by atoms with Crippen LogP contribution in [0.25, 0.3) is 0 Å². The van der Waals surface area contributed by atoms with Gasteiger partial charge in [-0.25, -0.2) is 9.78 Å². The number of pyridine rings is 1. The third-order valence-corrected chi connectivity index (χ3v) is 2.58. The molecule has 1 saturated heterocycles. The first-order chi connectivity index (χ1) is 8.74. The maximum absolute atomic E-state index is 11.6. The Hall–Kier alpha value is -1.37. The number of nitrogens with zero attached hydrogens (tertiary/aromatic N) is 1. The summed E-state index contributed by atoms with van der Waals surface area (Å²) in [4.78, 5) is 15.4. The van der Waals surface area contributed by atoms with Gasteiger partial charge in [0.25, 0.3) is 0 Å². The zero-order valence-corrected chi connectivity index (χ0v) is 10.4. The van der Waals surface area contributed by atoms with Gasteiger partial charge >= 0.3 is 6.03 Å². The number of urea groups is 1. The van der Waals surface area contributed by atoms with Gasteiger partial charge in [-0.15, -0.1) is 0 Å². The third-order valence-electron chi connectivity index (χ3n) is 2.36. The largest absolute Gasteiger partial charge is 0.376 e. The molecule has 1 atom stereocenters. The Kier molecular flexibility index (Phi) is 4.74. The van der Waals surface area contributed by atoms with Gasteiger partial charge in [0, 0.05) is 6.54 Å². The second-order valence-electron chi connectivity index (χ2n) is 3.77. The Balaban J connectivity index is 1.73. The van der Waals surface area contributed by atoms with Crippen LogP contribution in [-0.2, 0) is 9.47 Å². The van der Waals surface area contributed by atoms with E-state index in [9.17, 15) is 4.79 Å². The van der Waals surface area contributed by atoms with Crippen molar-refractivity contribution in [2.24, 2.45) is 0 Å². The lowest BCUT2D eigenvalue weighted by molar-refractivity contribution is -0.0852. The van der Waals surface area contributed by atoms with Gasteiger partial charge in [0.1, 0.15) is 5.15 Å². The molecule has 0 bridgehead atoms. The highest BCUT2D eigenvalue weighted by molar-refractivity contribution is 6.29. The summed E-state index contributed by atoms with van der Waals surface area (Å²) in [5.41, 5.74) is 0.581. The number of hydrogen-bond donors (Lipinski definition) is 2. The van der Waals surface area contributed by atoms with Crippen molar-refractivity contribution in [2.75, 3.05) is 31.7 Å². The summed E-state index contributed by atoms with van der Waals surface area (Å²) in [5, 5.41) is 5.72. The van der Waals surface area contributed by atoms with Crippen molar-refractivity contribution < 1.29 is 14.3 Å². The quantitative estimate of drug-likeness (QED) is 0.812. The molecule has 7 heteroatoms. The van der Waals surface area contributed by atoms with Crippen LogP contribution in [0.3, 0.4) is 0 Å². The van der Waals surface area contributed by atoms with Gasteiger partial charge in [0.2, 0.25) is 0 Å². The van der Waals surface area contributed by atoms with Crippen LogP contribution in [-0.4, -0.2) is 43.5 Å². The van der Waals surface area contributed by atoms with Crippen LogP contribution in [0.2, 0.25) is 5.15 Å². The van der Waals surface area contributed by atoms with Crippen LogP contribution in [0.4, 0.5) is 10.5 Å². The second-order valence-corrected chi connectivity index (χ2v) is 4.16. The standard InChI is InChI=1S/C11H14ClN3O3/c12-10-2-1-8(5-13-10)15-11(16)14-6-9-7-17-3-4-18-9/h1-2,5,9H,3-4,6-7H2,(H2,14,15,16)/t9-/m0/s1. The molecule has 1 aliphatic rings. The summed E-state index contributed by atoms with van der Waals surface area (Å²) in [7, 11) is 0. The monoisotopic (exact) mass is 271 g/mol. The first-order valence-corrected chi connectivity index (χ1v) is 5.97.